The number of rotatable bonds is 4. The minimum absolute atomic E-state index is 0.0166. The van der Waals surface area contributed by atoms with E-state index in [1.165, 1.54) is 6.07 Å². The lowest BCUT2D eigenvalue weighted by Gasteiger charge is -2.28. The highest BCUT2D eigenvalue weighted by molar-refractivity contribution is 5.83. The van der Waals surface area contributed by atoms with Crippen molar-refractivity contribution in [2.24, 2.45) is 5.92 Å². The first-order valence-corrected chi connectivity index (χ1v) is 8.80. The summed E-state index contributed by atoms with van der Waals surface area (Å²) in [5.41, 5.74) is 2.68. The molecule has 1 aliphatic carbocycles. The van der Waals surface area contributed by atoms with Gasteiger partial charge in [-0.05, 0) is 42.5 Å². The number of hydrogen-bond acceptors (Lipinski definition) is 4. The highest BCUT2D eigenvalue weighted by atomic mass is 19.1. The molecule has 1 aliphatic heterocycles. The quantitative estimate of drug-likeness (QED) is 0.930. The van der Waals surface area contributed by atoms with Crippen LogP contribution in [0, 0.1) is 11.7 Å². The molecule has 2 heterocycles. The van der Waals surface area contributed by atoms with Gasteiger partial charge < -0.3 is 10.2 Å². The van der Waals surface area contributed by atoms with Crippen molar-refractivity contribution in [1.82, 2.24) is 15.1 Å². The molecule has 0 bridgehead atoms. The Morgan fingerprint density at radius 3 is 3.00 bits per heavy atom. The highest BCUT2D eigenvalue weighted by Gasteiger charge is 2.47. The number of nitrogens with one attached hydrogen (secondary N) is 1. The van der Waals surface area contributed by atoms with Crippen molar-refractivity contribution in [1.29, 1.82) is 0 Å². The van der Waals surface area contributed by atoms with Gasteiger partial charge in [0.25, 0.3) is 0 Å². The van der Waals surface area contributed by atoms with E-state index in [4.69, 9.17) is 0 Å². The predicted octanol–water partition coefficient (Wildman–Crippen LogP) is 2.74. The fraction of sp³-hybridized carbons (Fsp3) is 0.421. The molecule has 130 valence electrons. The number of hydrogen-bond donors (Lipinski definition) is 1. The van der Waals surface area contributed by atoms with Crippen molar-refractivity contribution in [2.75, 3.05) is 18.4 Å². The molecule has 1 saturated carbocycles. The summed E-state index contributed by atoms with van der Waals surface area (Å²) in [7, 11) is 0. The summed E-state index contributed by atoms with van der Waals surface area (Å²) in [5, 5.41) is 11.6. The second kappa shape index (κ2) is 6.43. The Bertz CT molecular complexity index is 810. The van der Waals surface area contributed by atoms with Gasteiger partial charge in [0, 0.05) is 32.0 Å². The molecular weight excluding hydrogens is 319 g/mol. The number of carbonyl (C=O) groups excluding carboxylic acids is 1. The first-order valence-electron chi connectivity index (χ1n) is 8.80. The average Bonchev–Trinajstić information content (AvgIpc) is 3.41. The molecule has 1 aromatic heterocycles. The van der Waals surface area contributed by atoms with Crippen LogP contribution in [0.4, 0.5) is 10.2 Å². The smallest absolute Gasteiger partial charge is 0.226 e. The third-order valence-electron chi connectivity index (χ3n) is 5.02. The van der Waals surface area contributed by atoms with Crippen molar-refractivity contribution < 1.29 is 9.18 Å². The Hall–Kier alpha value is -2.50. The van der Waals surface area contributed by atoms with Gasteiger partial charge in [-0.3, -0.25) is 4.79 Å². The number of carbonyl (C=O) groups is 1. The summed E-state index contributed by atoms with van der Waals surface area (Å²) in [6, 6.07) is 8.75. The average molecular weight is 340 g/mol. The number of aromatic nitrogens is 2. The maximum Gasteiger partial charge on any atom is 0.226 e. The van der Waals surface area contributed by atoms with E-state index in [-0.39, 0.29) is 23.6 Å². The number of amides is 1. The van der Waals surface area contributed by atoms with Crippen LogP contribution in [-0.2, 0) is 17.8 Å². The third-order valence-corrected chi connectivity index (χ3v) is 5.02. The van der Waals surface area contributed by atoms with Crippen molar-refractivity contribution in [2.45, 2.75) is 32.2 Å². The van der Waals surface area contributed by atoms with Gasteiger partial charge in [-0.15, -0.1) is 5.10 Å². The fourth-order valence-electron chi connectivity index (χ4n) is 3.61. The van der Waals surface area contributed by atoms with Crippen LogP contribution in [-0.4, -0.2) is 34.1 Å². The number of fused-ring (bicyclic) bond motifs is 1. The minimum atomic E-state index is -0.211. The number of halogens is 1. The normalized spacial score (nSPS) is 21.6. The second-order valence-electron chi connectivity index (χ2n) is 6.71. The molecule has 1 N–H and O–H groups in total. The highest BCUT2D eigenvalue weighted by Crippen LogP contribution is 2.49. The van der Waals surface area contributed by atoms with E-state index in [1.54, 1.807) is 12.1 Å². The lowest BCUT2D eigenvalue weighted by Crippen LogP contribution is -2.37. The maximum absolute atomic E-state index is 13.9. The molecule has 0 saturated heterocycles. The fourth-order valence-corrected chi connectivity index (χ4v) is 3.61. The molecule has 2 aromatic rings. The van der Waals surface area contributed by atoms with Crippen molar-refractivity contribution >= 4 is 11.7 Å². The Kier molecular flexibility index (Phi) is 4.11. The molecule has 1 fully saturated rings. The van der Waals surface area contributed by atoms with E-state index in [0.29, 0.717) is 18.7 Å². The van der Waals surface area contributed by atoms with Crippen LogP contribution >= 0.6 is 0 Å². The zero-order valence-electron chi connectivity index (χ0n) is 14.2. The van der Waals surface area contributed by atoms with Gasteiger partial charge in [0.15, 0.2) is 0 Å². The minimum Gasteiger partial charge on any atom is -0.369 e. The summed E-state index contributed by atoms with van der Waals surface area (Å²) in [6.07, 6.45) is 1.46. The van der Waals surface area contributed by atoms with Gasteiger partial charge in [0.2, 0.25) is 5.91 Å². The van der Waals surface area contributed by atoms with Crippen molar-refractivity contribution in [3.63, 3.8) is 0 Å². The zero-order valence-corrected chi connectivity index (χ0v) is 14.2. The van der Waals surface area contributed by atoms with E-state index in [0.717, 1.165) is 36.5 Å². The summed E-state index contributed by atoms with van der Waals surface area (Å²) >= 11 is 0. The van der Waals surface area contributed by atoms with Crippen LogP contribution in [0.5, 0.6) is 0 Å². The molecule has 2 aliphatic rings. The standard InChI is InChI=1S/C19H21FN4O/c1-2-21-18-9-12-11-24(8-7-17(12)22-23-18)19(25)15-10-14(15)13-5-3-4-6-16(13)20/h3-6,9,14-15H,2,7-8,10-11H2,1H3,(H,21,23)/t14-,15+/m0/s1. The molecule has 0 unspecified atom stereocenters. The lowest BCUT2D eigenvalue weighted by molar-refractivity contribution is -0.133. The van der Waals surface area contributed by atoms with Crippen LogP contribution < -0.4 is 5.32 Å². The molecule has 4 rings (SSSR count). The Morgan fingerprint density at radius 1 is 1.36 bits per heavy atom. The molecule has 0 radical (unpaired) electrons. The SMILES string of the molecule is CCNc1cc2c(nn1)CCN(C(=O)[C@@H]1C[C@H]1c1ccccc1F)C2. The molecule has 25 heavy (non-hydrogen) atoms. The van der Waals surface area contributed by atoms with Gasteiger partial charge in [-0.25, -0.2) is 4.39 Å². The number of anilines is 1. The van der Waals surface area contributed by atoms with Crippen LogP contribution in [0.15, 0.2) is 30.3 Å². The number of nitrogens with zero attached hydrogens (tertiary/aromatic N) is 3. The summed E-state index contributed by atoms with van der Waals surface area (Å²) in [4.78, 5) is 14.7. The second-order valence-corrected chi connectivity index (χ2v) is 6.71. The van der Waals surface area contributed by atoms with Gasteiger partial charge in [-0.1, -0.05) is 18.2 Å². The van der Waals surface area contributed by atoms with Crippen LogP contribution in [0.2, 0.25) is 0 Å². The molecule has 1 aromatic carbocycles. The summed E-state index contributed by atoms with van der Waals surface area (Å²) in [6.45, 7) is 4.00. The van der Waals surface area contributed by atoms with Crippen LogP contribution in [0.3, 0.4) is 0 Å². The number of benzene rings is 1. The summed E-state index contributed by atoms with van der Waals surface area (Å²) in [5.74, 6) is 0.578. The van der Waals surface area contributed by atoms with Crippen LogP contribution in [0.1, 0.15) is 36.1 Å². The molecular formula is C19H21FN4O. The van der Waals surface area contributed by atoms with E-state index < -0.39 is 0 Å². The van der Waals surface area contributed by atoms with E-state index in [1.807, 2.05) is 24.0 Å². The van der Waals surface area contributed by atoms with Gasteiger partial charge in [0.1, 0.15) is 11.6 Å². The first kappa shape index (κ1) is 16.0. The third kappa shape index (κ3) is 3.08. The van der Waals surface area contributed by atoms with Crippen LogP contribution in [0.25, 0.3) is 0 Å². The lowest BCUT2D eigenvalue weighted by atomic mass is 10.0. The van der Waals surface area contributed by atoms with E-state index in [9.17, 15) is 9.18 Å². The summed E-state index contributed by atoms with van der Waals surface area (Å²) < 4.78 is 13.9. The van der Waals surface area contributed by atoms with Gasteiger partial charge in [-0.2, -0.15) is 5.10 Å². The predicted molar refractivity (Wildman–Crippen MR) is 92.6 cm³/mol. The zero-order chi connectivity index (χ0) is 17.4. The first-order chi connectivity index (χ1) is 12.2. The topological polar surface area (TPSA) is 58.1 Å². The Morgan fingerprint density at radius 2 is 2.20 bits per heavy atom. The van der Waals surface area contributed by atoms with E-state index >= 15 is 0 Å². The monoisotopic (exact) mass is 340 g/mol. The Labute approximate surface area is 146 Å². The molecule has 6 heteroatoms. The van der Waals surface area contributed by atoms with Crippen molar-refractivity contribution in [3.8, 4) is 0 Å². The van der Waals surface area contributed by atoms with Gasteiger partial charge in [0.05, 0.1) is 5.69 Å². The molecule has 2 atom stereocenters. The molecule has 1 amide bonds. The van der Waals surface area contributed by atoms with Crippen molar-refractivity contribution in [3.05, 3.63) is 53.0 Å². The van der Waals surface area contributed by atoms with Gasteiger partial charge >= 0.3 is 0 Å². The maximum atomic E-state index is 13.9. The molecule has 0 spiro atoms. The Balaban J connectivity index is 1.46. The van der Waals surface area contributed by atoms with E-state index in [2.05, 4.69) is 15.5 Å². The largest absolute Gasteiger partial charge is 0.369 e. The molecule has 5 nitrogen and oxygen atoms in total.